The molecule has 1 aromatic carbocycles. The summed E-state index contributed by atoms with van der Waals surface area (Å²) in [6.45, 7) is 1.77. The van der Waals surface area contributed by atoms with Crippen molar-refractivity contribution < 1.29 is 23.1 Å². The molecule has 0 bridgehead atoms. The predicted octanol–water partition coefficient (Wildman–Crippen LogP) is 3.36. The molecule has 0 unspecified atom stereocenters. The van der Waals surface area contributed by atoms with E-state index < -0.39 is 29.8 Å². The van der Waals surface area contributed by atoms with Gasteiger partial charge < -0.3 is 10.0 Å². The number of halogens is 3. The van der Waals surface area contributed by atoms with Gasteiger partial charge in [0.1, 0.15) is 0 Å². The van der Waals surface area contributed by atoms with Crippen LogP contribution < -0.4 is 0 Å². The number of likely N-dealkylation sites (tertiary alicyclic amines) is 1. The number of alkyl halides is 3. The maximum atomic E-state index is 13.3. The third-order valence-corrected chi connectivity index (χ3v) is 4.29. The summed E-state index contributed by atoms with van der Waals surface area (Å²) < 4.78 is 40.0. The second kappa shape index (κ2) is 6.48. The van der Waals surface area contributed by atoms with Crippen LogP contribution in [0.15, 0.2) is 42.7 Å². The van der Waals surface area contributed by atoms with Crippen molar-refractivity contribution in [2.24, 2.45) is 0 Å². The third kappa shape index (κ3) is 3.51. The van der Waals surface area contributed by atoms with Gasteiger partial charge in [0.2, 0.25) is 0 Å². The van der Waals surface area contributed by atoms with Gasteiger partial charge in [-0.25, -0.2) is 0 Å². The van der Waals surface area contributed by atoms with Gasteiger partial charge in [-0.2, -0.15) is 13.2 Å². The van der Waals surface area contributed by atoms with Crippen LogP contribution in [0, 0.1) is 6.92 Å². The SMILES string of the molecule is Cc1cncc(C(=O)N2C[C@@H](O)C[C@@H]2c2ccccc2C(F)(F)F)c1. The fourth-order valence-corrected chi connectivity index (χ4v) is 3.22. The summed E-state index contributed by atoms with van der Waals surface area (Å²) in [5, 5.41) is 9.98. The highest BCUT2D eigenvalue weighted by Crippen LogP contribution is 2.40. The zero-order valence-electron chi connectivity index (χ0n) is 13.5. The van der Waals surface area contributed by atoms with Gasteiger partial charge in [-0.3, -0.25) is 9.78 Å². The maximum Gasteiger partial charge on any atom is 0.416 e. The first-order valence-corrected chi connectivity index (χ1v) is 7.84. The quantitative estimate of drug-likeness (QED) is 0.904. The fourth-order valence-electron chi connectivity index (χ4n) is 3.22. The van der Waals surface area contributed by atoms with E-state index in [-0.39, 0.29) is 18.5 Å². The summed E-state index contributed by atoms with van der Waals surface area (Å²) in [6.07, 6.45) is -2.35. The molecule has 2 aromatic rings. The van der Waals surface area contributed by atoms with Crippen LogP contribution in [0.5, 0.6) is 0 Å². The molecule has 1 fully saturated rings. The Kier molecular flexibility index (Phi) is 4.51. The van der Waals surface area contributed by atoms with Crippen molar-refractivity contribution in [3.8, 4) is 0 Å². The summed E-state index contributed by atoms with van der Waals surface area (Å²) in [5.74, 6) is -0.435. The molecule has 0 radical (unpaired) electrons. The Morgan fingerprint density at radius 1 is 1.28 bits per heavy atom. The molecule has 1 N–H and O–H groups in total. The van der Waals surface area contributed by atoms with E-state index in [2.05, 4.69) is 4.98 Å². The minimum atomic E-state index is -4.52. The van der Waals surface area contributed by atoms with E-state index in [1.165, 1.54) is 29.3 Å². The van der Waals surface area contributed by atoms with E-state index >= 15 is 0 Å². The van der Waals surface area contributed by atoms with Crippen LogP contribution in [0.3, 0.4) is 0 Å². The number of aromatic nitrogens is 1. The topological polar surface area (TPSA) is 53.4 Å². The molecular weight excluding hydrogens is 333 g/mol. The van der Waals surface area contributed by atoms with E-state index in [4.69, 9.17) is 0 Å². The molecule has 7 heteroatoms. The fraction of sp³-hybridized carbons (Fsp3) is 0.333. The van der Waals surface area contributed by atoms with Crippen LogP contribution in [0.25, 0.3) is 0 Å². The summed E-state index contributed by atoms with van der Waals surface area (Å²) in [6, 6.07) is 5.98. The summed E-state index contributed by atoms with van der Waals surface area (Å²) >= 11 is 0. The van der Waals surface area contributed by atoms with Crippen molar-refractivity contribution in [2.75, 3.05) is 6.54 Å². The minimum Gasteiger partial charge on any atom is -0.391 e. The minimum absolute atomic E-state index is 0.000474. The lowest BCUT2D eigenvalue weighted by Crippen LogP contribution is -2.32. The standard InChI is InChI=1S/C18H17F3N2O2/c1-11-6-12(9-22-8-11)17(25)23-10-13(24)7-16(23)14-4-2-3-5-15(14)18(19,20)21/h2-6,8-9,13,16,24H,7,10H2,1H3/t13-,16+/m0/s1. The highest BCUT2D eigenvalue weighted by molar-refractivity contribution is 5.94. The number of aliphatic hydroxyl groups is 1. The first-order chi connectivity index (χ1) is 11.8. The van der Waals surface area contributed by atoms with Crippen molar-refractivity contribution in [3.63, 3.8) is 0 Å². The first-order valence-electron chi connectivity index (χ1n) is 7.84. The van der Waals surface area contributed by atoms with Crippen LogP contribution in [0.4, 0.5) is 13.2 Å². The zero-order valence-corrected chi connectivity index (χ0v) is 13.5. The number of carbonyl (C=O) groups is 1. The van der Waals surface area contributed by atoms with Gasteiger partial charge in [0.25, 0.3) is 5.91 Å². The van der Waals surface area contributed by atoms with Crippen LogP contribution in [0.1, 0.15) is 39.5 Å². The van der Waals surface area contributed by atoms with Gasteiger partial charge in [0.15, 0.2) is 0 Å². The van der Waals surface area contributed by atoms with Gasteiger partial charge in [0, 0.05) is 18.9 Å². The molecule has 2 heterocycles. The van der Waals surface area contributed by atoms with Crippen LogP contribution in [-0.4, -0.2) is 33.5 Å². The number of hydrogen-bond acceptors (Lipinski definition) is 3. The average molecular weight is 350 g/mol. The number of pyridine rings is 1. The molecule has 0 spiro atoms. The molecular formula is C18H17F3N2O2. The van der Waals surface area contributed by atoms with Gasteiger partial charge in [-0.05, 0) is 36.6 Å². The van der Waals surface area contributed by atoms with Gasteiger partial charge in [-0.1, -0.05) is 18.2 Å². The maximum absolute atomic E-state index is 13.3. The smallest absolute Gasteiger partial charge is 0.391 e. The number of aryl methyl sites for hydroxylation is 1. The molecule has 1 aliphatic rings. The number of rotatable bonds is 2. The Morgan fingerprint density at radius 3 is 2.68 bits per heavy atom. The lowest BCUT2D eigenvalue weighted by Gasteiger charge is -2.27. The first kappa shape index (κ1) is 17.4. The number of β-amino-alcohol motifs (C(OH)–C–C–N with tert-alkyl or cyclic N) is 1. The Hall–Kier alpha value is -2.41. The number of benzene rings is 1. The molecule has 1 amide bonds. The van der Waals surface area contributed by atoms with E-state index in [0.717, 1.165) is 11.6 Å². The predicted molar refractivity (Wildman–Crippen MR) is 84.8 cm³/mol. The van der Waals surface area contributed by atoms with Crippen molar-refractivity contribution in [3.05, 3.63) is 65.0 Å². The van der Waals surface area contributed by atoms with E-state index in [0.29, 0.717) is 5.56 Å². The molecule has 0 saturated carbocycles. The van der Waals surface area contributed by atoms with Crippen molar-refractivity contribution >= 4 is 5.91 Å². The Morgan fingerprint density at radius 2 is 2.00 bits per heavy atom. The zero-order chi connectivity index (χ0) is 18.2. The molecule has 2 atom stereocenters. The van der Waals surface area contributed by atoms with Gasteiger partial charge >= 0.3 is 6.18 Å². The third-order valence-electron chi connectivity index (χ3n) is 4.29. The lowest BCUT2D eigenvalue weighted by atomic mass is 9.97. The summed E-state index contributed by atoms with van der Waals surface area (Å²) in [7, 11) is 0. The molecule has 25 heavy (non-hydrogen) atoms. The van der Waals surface area contributed by atoms with Crippen molar-refractivity contribution in [1.82, 2.24) is 9.88 Å². The number of nitrogens with zero attached hydrogens (tertiary/aromatic N) is 2. The number of hydrogen-bond donors (Lipinski definition) is 1. The van der Waals surface area contributed by atoms with E-state index in [1.807, 2.05) is 0 Å². The Balaban J connectivity index is 2.00. The van der Waals surface area contributed by atoms with Crippen LogP contribution in [0.2, 0.25) is 0 Å². The summed E-state index contributed by atoms with van der Waals surface area (Å²) in [5.41, 5.74) is 0.288. The average Bonchev–Trinajstić information content (AvgIpc) is 2.95. The molecule has 1 aliphatic heterocycles. The van der Waals surface area contributed by atoms with Gasteiger partial charge in [-0.15, -0.1) is 0 Å². The number of carbonyl (C=O) groups excluding carboxylic acids is 1. The lowest BCUT2D eigenvalue weighted by molar-refractivity contribution is -0.138. The van der Waals surface area contributed by atoms with Crippen LogP contribution in [-0.2, 0) is 6.18 Å². The second-order valence-electron chi connectivity index (χ2n) is 6.20. The molecule has 1 saturated heterocycles. The van der Waals surface area contributed by atoms with Crippen molar-refractivity contribution in [1.29, 1.82) is 0 Å². The molecule has 1 aromatic heterocycles. The summed E-state index contributed by atoms with van der Waals surface area (Å²) in [4.78, 5) is 18.0. The molecule has 4 nitrogen and oxygen atoms in total. The molecule has 0 aliphatic carbocycles. The second-order valence-corrected chi connectivity index (χ2v) is 6.20. The number of amides is 1. The van der Waals surface area contributed by atoms with Crippen LogP contribution >= 0.6 is 0 Å². The number of aliphatic hydroxyl groups excluding tert-OH is 1. The van der Waals surface area contributed by atoms with Gasteiger partial charge in [0.05, 0.1) is 23.3 Å². The highest BCUT2D eigenvalue weighted by Gasteiger charge is 2.41. The Bertz CT molecular complexity index is 792. The van der Waals surface area contributed by atoms with E-state index in [9.17, 15) is 23.1 Å². The van der Waals surface area contributed by atoms with E-state index in [1.54, 1.807) is 19.2 Å². The normalized spacial score (nSPS) is 20.8. The highest BCUT2D eigenvalue weighted by atomic mass is 19.4. The Labute approximate surface area is 142 Å². The molecule has 132 valence electrons. The van der Waals surface area contributed by atoms with Crippen molar-refractivity contribution in [2.45, 2.75) is 31.7 Å². The monoisotopic (exact) mass is 350 g/mol. The molecule has 3 rings (SSSR count). The largest absolute Gasteiger partial charge is 0.416 e.